The minimum atomic E-state index is -3.77. The molecule has 1 fully saturated rings. The van der Waals surface area contributed by atoms with Crippen LogP contribution in [0, 0.1) is 13.8 Å². The van der Waals surface area contributed by atoms with E-state index in [1.54, 1.807) is 19.9 Å². The molecule has 0 amide bonds. The number of aryl methyl sites for hydroxylation is 1. The van der Waals surface area contributed by atoms with E-state index in [4.69, 9.17) is 5.73 Å². The van der Waals surface area contributed by atoms with Gasteiger partial charge in [0.25, 0.3) is 0 Å². The lowest BCUT2D eigenvalue weighted by Crippen LogP contribution is -2.35. The highest BCUT2D eigenvalue weighted by Crippen LogP contribution is 2.24. The molecule has 1 aromatic rings. The molecule has 0 radical (unpaired) electrons. The Morgan fingerprint density at radius 1 is 1.33 bits per heavy atom. The van der Waals surface area contributed by atoms with Gasteiger partial charge in [0.05, 0.1) is 15.9 Å². The monoisotopic (exact) mass is 332 g/mol. The molecule has 1 heterocycles. The number of rotatable bonds is 4. The average molecular weight is 332 g/mol. The number of hydrogen-bond donors (Lipinski definition) is 2. The van der Waals surface area contributed by atoms with E-state index < -0.39 is 25.1 Å². The summed E-state index contributed by atoms with van der Waals surface area (Å²) in [7, 11) is -6.94. The topological polar surface area (TPSA) is 106 Å². The molecule has 3 N–H and O–H groups in total. The van der Waals surface area contributed by atoms with Crippen molar-refractivity contribution in [1.82, 2.24) is 4.72 Å². The van der Waals surface area contributed by atoms with Gasteiger partial charge in [-0.1, -0.05) is 0 Å². The number of nitrogens with one attached hydrogen (secondary N) is 1. The minimum Gasteiger partial charge on any atom is -0.398 e. The number of hydrogen-bond acceptors (Lipinski definition) is 5. The number of sulfonamides is 1. The maximum atomic E-state index is 12.4. The van der Waals surface area contributed by atoms with Gasteiger partial charge in [0.15, 0.2) is 9.84 Å². The lowest BCUT2D eigenvalue weighted by Gasteiger charge is -2.14. The fraction of sp³-hybridized carbons (Fsp3) is 0.538. The van der Waals surface area contributed by atoms with Gasteiger partial charge in [-0.25, -0.2) is 21.6 Å². The van der Waals surface area contributed by atoms with Gasteiger partial charge >= 0.3 is 0 Å². The van der Waals surface area contributed by atoms with E-state index in [0.717, 1.165) is 5.56 Å². The Morgan fingerprint density at radius 2 is 2.00 bits per heavy atom. The zero-order chi connectivity index (χ0) is 15.8. The van der Waals surface area contributed by atoms with Crippen LogP contribution in [0.4, 0.5) is 5.69 Å². The Balaban J connectivity index is 2.24. The molecule has 1 saturated heterocycles. The third-order valence-corrected chi connectivity index (χ3v) is 7.62. The Kier molecular flexibility index (Phi) is 4.32. The molecule has 6 nitrogen and oxygen atoms in total. The molecular formula is C13H20N2O4S2. The van der Waals surface area contributed by atoms with E-state index in [2.05, 4.69) is 4.72 Å². The Hall–Kier alpha value is -1.12. The molecule has 1 atom stereocenters. The van der Waals surface area contributed by atoms with Crippen LogP contribution in [0.5, 0.6) is 0 Å². The quantitative estimate of drug-likeness (QED) is 0.791. The van der Waals surface area contributed by atoms with E-state index in [1.165, 1.54) is 6.07 Å². The second-order valence-electron chi connectivity index (χ2n) is 5.46. The van der Waals surface area contributed by atoms with Crippen LogP contribution in [0.2, 0.25) is 0 Å². The second kappa shape index (κ2) is 5.58. The van der Waals surface area contributed by atoms with Crippen molar-refractivity contribution >= 4 is 25.5 Å². The summed E-state index contributed by atoms with van der Waals surface area (Å²) >= 11 is 0. The number of sulfone groups is 1. The molecule has 1 aliphatic rings. The smallest absolute Gasteiger partial charge is 0.240 e. The third-order valence-electron chi connectivity index (χ3n) is 3.80. The van der Waals surface area contributed by atoms with Crippen molar-refractivity contribution < 1.29 is 16.8 Å². The summed E-state index contributed by atoms with van der Waals surface area (Å²) < 4.78 is 50.6. The van der Waals surface area contributed by atoms with Gasteiger partial charge in [0.1, 0.15) is 0 Å². The van der Waals surface area contributed by atoms with Gasteiger partial charge in [-0.3, -0.25) is 0 Å². The summed E-state index contributed by atoms with van der Waals surface area (Å²) in [6.07, 6.45) is 1.09. The zero-order valence-corrected chi connectivity index (χ0v) is 13.7. The highest BCUT2D eigenvalue weighted by Gasteiger charge is 2.32. The molecule has 2 rings (SSSR count). The predicted molar refractivity (Wildman–Crippen MR) is 82.3 cm³/mol. The summed E-state index contributed by atoms with van der Waals surface area (Å²) in [5.41, 5.74) is 7.41. The van der Waals surface area contributed by atoms with Gasteiger partial charge < -0.3 is 5.73 Å². The van der Waals surface area contributed by atoms with Gasteiger partial charge in [-0.15, -0.1) is 0 Å². The summed E-state index contributed by atoms with van der Waals surface area (Å²) in [4.78, 5) is 0.107. The summed E-state index contributed by atoms with van der Waals surface area (Å²) in [5.74, 6) is 0.135. The van der Waals surface area contributed by atoms with E-state index in [1.807, 2.05) is 0 Å². The Labute approximate surface area is 125 Å². The van der Waals surface area contributed by atoms with E-state index in [0.29, 0.717) is 24.1 Å². The van der Waals surface area contributed by atoms with Crippen LogP contribution in [0.3, 0.4) is 0 Å². The van der Waals surface area contributed by atoms with Crippen LogP contribution in [0.1, 0.15) is 24.0 Å². The maximum Gasteiger partial charge on any atom is 0.240 e. The first-order valence-corrected chi connectivity index (χ1v) is 9.91. The molecule has 1 unspecified atom stereocenters. The number of benzene rings is 1. The molecule has 21 heavy (non-hydrogen) atoms. The largest absolute Gasteiger partial charge is 0.398 e. The molecule has 0 spiro atoms. The van der Waals surface area contributed by atoms with Crippen LogP contribution < -0.4 is 10.5 Å². The van der Waals surface area contributed by atoms with Crippen molar-refractivity contribution in [3.05, 3.63) is 23.3 Å². The van der Waals surface area contributed by atoms with Crippen LogP contribution >= 0.6 is 0 Å². The minimum absolute atomic E-state index is 0.0854. The molecule has 1 aliphatic heterocycles. The Morgan fingerprint density at radius 3 is 2.57 bits per heavy atom. The van der Waals surface area contributed by atoms with Crippen molar-refractivity contribution in [2.45, 2.75) is 36.8 Å². The van der Waals surface area contributed by atoms with Gasteiger partial charge in [-0.05, 0) is 49.9 Å². The van der Waals surface area contributed by atoms with Crippen molar-refractivity contribution in [2.75, 3.05) is 18.0 Å². The first-order chi connectivity index (χ1) is 9.63. The fourth-order valence-corrected chi connectivity index (χ4v) is 5.81. The van der Waals surface area contributed by atoms with Crippen LogP contribution in [-0.2, 0) is 19.9 Å². The molecule has 0 aromatic heterocycles. The second-order valence-corrected chi connectivity index (χ2v) is 9.60. The zero-order valence-electron chi connectivity index (χ0n) is 12.1. The predicted octanol–water partition coefficient (Wildman–Crippen LogP) is 0.741. The summed E-state index contributed by atoms with van der Waals surface area (Å²) in [6, 6.07) is 3.24. The van der Waals surface area contributed by atoms with Crippen molar-refractivity contribution in [3.63, 3.8) is 0 Å². The molecule has 0 aliphatic carbocycles. The number of nitrogen functional groups attached to an aromatic ring is 1. The SMILES string of the molecule is Cc1cc(N)c(C)c(S(=O)(=O)NCC2CCCS2(=O)=O)c1. The van der Waals surface area contributed by atoms with Crippen LogP contribution in [-0.4, -0.2) is 34.4 Å². The van der Waals surface area contributed by atoms with E-state index >= 15 is 0 Å². The normalized spacial score (nSPS) is 21.5. The lowest BCUT2D eigenvalue weighted by atomic mass is 10.1. The van der Waals surface area contributed by atoms with E-state index in [9.17, 15) is 16.8 Å². The van der Waals surface area contributed by atoms with Crippen LogP contribution in [0.15, 0.2) is 17.0 Å². The highest BCUT2D eigenvalue weighted by molar-refractivity contribution is 7.92. The molecule has 1 aromatic carbocycles. The first kappa shape index (κ1) is 16.3. The molecule has 8 heteroatoms. The summed E-state index contributed by atoms with van der Waals surface area (Å²) in [6.45, 7) is 3.31. The van der Waals surface area contributed by atoms with E-state index in [-0.39, 0.29) is 17.2 Å². The molecular weight excluding hydrogens is 312 g/mol. The highest BCUT2D eigenvalue weighted by atomic mass is 32.2. The third kappa shape index (κ3) is 3.38. The lowest BCUT2D eigenvalue weighted by molar-refractivity contribution is 0.570. The summed E-state index contributed by atoms with van der Waals surface area (Å²) in [5, 5.41) is -0.630. The van der Waals surface area contributed by atoms with Gasteiger partial charge in [-0.2, -0.15) is 0 Å². The number of anilines is 1. The molecule has 0 saturated carbocycles. The van der Waals surface area contributed by atoms with Crippen molar-refractivity contribution in [3.8, 4) is 0 Å². The molecule has 118 valence electrons. The van der Waals surface area contributed by atoms with Gasteiger partial charge in [0.2, 0.25) is 10.0 Å². The fourth-order valence-electron chi connectivity index (χ4n) is 2.50. The van der Waals surface area contributed by atoms with Crippen LogP contribution in [0.25, 0.3) is 0 Å². The maximum absolute atomic E-state index is 12.4. The average Bonchev–Trinajstić information content (AvgIpc) is 2.70. The first-order valence-electron chi connectivity index (χ1n) is 6.71. The Bertz CT molecular complexity index is 755. The van der Waals surface area contributed by atoms with Gasteiger partial charge in [0, 0.05) is 12.2 Å². The van der Waals surface area contributed by atoms with Crippen molar-refractivity contribution in [2.24, 2.45) is 0 Å². The standard InChI is InChI=1S/C13H20N2O4S2/c1-9-6-12(14)10(2)13(7-9)21(18,19)15-8-11-4-3-5-20(11,16)17/h6-7,11,15H,3-5,8,14H2,1-2H3. The molecule has 0 bridgehead atoms. The number of nitrogens with two attached hydrogens (primary N) is 1. The van der Waals surface area contributed by atoms with Crippen molar-refractivity contribution in [1.29, 1.82) is 0 Å².